The molecule has 3 N–H and O–H groups in total. The topological polar surface area (TPSA) is 70.2 Å². The standard InChI is InChI=1S/C24H33N3O2/c1-2-3-4-5-6-13-18-25-24(29)27-22(28)19-26-23(20-14-9-7-10-15-20)21-16-11-8-12-17-21/h7-12,14-17,23,26H,2-6,13,18-19H2,1H3,(H2,25,27,28,29). The van der Waals surface area contributed by atoms with E-state index in [9.17, 15) is 9.59 Å². The number of unbranched alkanes of at least 4 members (excludes halogenated alkanes) is 5. The van der Waals surface area contributed by atoms with Gasteiger partial charge in [0.2, 0.25) is 5.91 Å². The van der Waals surface area contributed by atoms with Crippen molar-refractivity contribution in [3.8, 4) is 0 Å². The number of carbonyl (C=O) groups is 2. The van der Waals surface area contributed by atoms with Crippen LogP contribution in [0.3, 0.4) is 0 Å². The van der Waals surface area contributed by atoms with E-state index in [1.807, 2.05) is 60.7 Å². The number of nitrogens with one attached hydrogen (secondary N) is 3. The lowest BCUT2D eigenvalue weighted by Gasteiger charge is -2.19. The first-order chi connectivity index (χ1) is 14.2. The number of hydrogen-bond donors (Lipinski definition) is 3. The Balaban J connectivity index is 1.75. The Bertz CT molecular complexity index is 680. The van der Waals surface area contributed by atoms with Gasteiger partial charge >= 0.3 is 6.03 Å². The maximum absolute atomic E-state index is 12.2. The second kappa shape index (κ2) is 13.5. The highest BCUT2D eigenvalue weighted by molar-refractivity contribution is 5.95. The second-order valence-electron chi connectivity index (χ2n) is 7.21. The summed E-state index contributed by atoms with van der Waals surface area (Å²) in [7, 11) is 0. The minimum absolute atomic E-state index is 0.0545. The van der Waals surface area contributed by atoms with Crippen LogP contribution in [0.25, 0.3) is 0 Å². The minimum atomic E-state index is -0.429. The highest BCUT2D eigenvalue weighted by Gasteiger charge is 2.15. The summed E-state index contributed by atoms with van der Waals surface area (Å²) < 4.78 is 0. The number of imide groups is 1. The predicted octanol–water partition coefficient (Wildman–Crippen LogP) is 4.55. The average molecular weight is 396 g/mol. The SMILES string of the molecule is CCCCCCCCNC(=O)NC(=O)CNC(c1ccccc1)c1ccccc1. The van der Waals surface area contributed by atoms with E-state index in [-0.39, 0.29) is 18.5 Å². The molecule has 0 saturated carbocycles. The molecule has 0 aromatic heterocycles. The fraction of sp³-hybridized carbons (Fsp3) is 0.417. The van der Waals surface area contributed by atoms with Gasteiger partial charge in [-0.15, -0.1) is 0 Å². The number of rotatable bonds is 12. The van der Waals surface area contributed by atoms with E-state index < -0.39 is 6.03 Å². The zero-order valence-electron chi connectivity index (χ0n) is 17.3. The molecule has 0 atom stereocenters. The molecular formula is C24H33N3O2. The van der Waals surface area contributed by atoms with Gasteiger partial charge in [0.15, 0.2) is 0 Å². The predicted molar refractivity (Wildman–Crippen MR) is 118 cm³/mol. The van der Waals surface area contributed by atoms with E-state index in [1.54, 1.807) is 0 Å². The molecule has 0 heterocycles. The largest absolute Gasteiger partial charge is 0.338 e. The molecule has 0 saturated heterocycles. The van der Waals surface area contributed by atoms with E-state index >= 15 is 0 Å². The van der Waals surface area contributed by atoms with Gasteiger partial charge in [-0.1, -0.05) is 99.7 Å². The van der Waals surface area contributed by atoms with Crippen molar-refractivity contribution in [2.75, 3.05) is 13.1 Å². The fourth-order valence-electron chi connectivity index (χ4n) is 3.24. The third-order valence-electron chi connectivity index (χ3n) is 4.80. The fourth-order valence-corrected chi connectivity index (χ4v) is 3.24. The zero-order valence-corrected chi connectivity index (χ0v) is 17.3. The third-order valence-corrected chi connectivity index (χ3v) is 4.80. The van der Waals surface area contributed by atoms with Crippen LogP contribution in [0.4, 0.5) is 4.79 Å². The first-order valence-corrected chi connectivity index (χ1v) is 10.6. The van der Waals surface area contributed by atoms with Gasteiger partial charge in [-0.2, -0.15) is 0 Å². The van der Waals surface area contributed by atoms with Crippen LogP contribution in [0.5, 0.6) is 0 Å². The quantitative estimate of drug-likeness (QED) is 0.462. The van der Waals surface area contributed by atoms with Gasteiger partial charge in [0.1, 0.15) is 0 Å². The molecule has 2 rings (SSSR count). The molecule has 2 aromatic carbocycles. The van der Waals surface area contributed by atoms with Gasteiger partial charge in [-0.3, -0.25) is 15.4 Å². The molecule has 29 heavy (non-hydrogen) atoms. The Morgan fingerprint density at radius 2 is 1.34 bits per heavy atom. The second-order valence-corrected chi connectivity index (χ2v) is 7.21. The summed E-state index contributed by atoms with van der Waals surface area (Å²) >= 11 is 0. The van der Waals surface area contributed by atoms with Crippen molar-refractivity contribution in [2.45, 2.75) is 51.5 Å². The van der Waals surface area contributed by atoms with Crippen molar-refractivity contribution in [1.29, 1.82) is 0 Å². The molecule has 0 bridgehead atoms. The Morgan fingerprint density at radius 1 is 0.793 bits per heavy atom. The number of urea groups is 1. The normalized spacial score (nSPS) is 10.7. The van der Waals surface area contributed by atoms with Crippen LogP contribution in [-0.4, -0.2) is 25.0 Å². The summed E-state index contributed by atoms with van der Waals surface area (Å²) in [6.45, 7) is 2.84. The van der Waals surface area contributed by atoms with Crippen molar-refractivity contribution in [3.63, 3.8) is 0 Å². The number of benzene rings is 2. The molecule has 5 heteroatoms. The number of hydrogen-bond acceptors (Lipinski definition) is 3. The molecule has 156 valence electrons. The number of carbonyl (C=O) groups excluding carboxylic acids is 2. The first kappa shape index (κ1) is 22.6. The van der Waals surface area contributed by atoms with E-state index in [0.29, 0.717) is 6.54 Å². The molecule has 0 unspecified atom stereocenters. The maximum Gasteiger partial charge on any atom is 0.321 e. The van der Waals surface area contributed by atoms with Crippen LogP contribution in [-0.2, 0) is 4.79 Å². The highest BCUT2D eigenvalue weighted by Crippen LogP contribution is 2.21. The Kier molecular flexibility index (Phi) is 10.5. The molecule has 0 aliphatic heterocycles. The third kappa shape index (κ3) is 8.92. The van der Waals surface area contributed by atoms with E-state index in [0.717, 1.165) is 24.0 Å². The monoisotopic (exact) mass is 395 g/mol. The van der Waals surface area contributed by atoms with Crippen molar-refractivity contribution in [2.24, 2.45) is 0 Å². The van der Waals surface area contributed by atoms with Crippen LogP contribution >= 0.6 is 0 Å². The smallest absolute Gasteiger partial charge is 0.321 e. The van der Waals surface area contributed by atoms with Gasteiger partial charge < -0.3 is 5.32 Å². The van der Waals surface area contributed by atoms with Crippen LogP contribution in [0.1, 0.15) is 62.6 Å². The maximum atomic E-state index is 12.2. The van der Waals surface area contributed by atoms with Gasteiger partial charge in [0, 0.05) is 6.54 Å². The molecular weight excluding hydrogens is 362 g/mol. The summed E-state index contributed by atoms with van der Waals surface area (Å²) in [6, 6.07) is 19.4. The Morgan fingerprint density at radius 3 is 1.93 bits per heavy atom. The van der Waals surface area contributed by atoms with Gasteiger partial charge in [-0.05, 0) is 17.5 Å². The summed E-state index contributed by atoms with van der Waals surface area (Å²) in [5, 5.41) is 8.42. The van der Waals surface area contributed by atoms with Crippen LogP contribution < -0.4 is 16.0 Å². The van der Waals surface area contributed by atoms with Crippen molar-refractivity contribution >= 4 is 11.9 Å². The lowest BCUT2D eigenvalue weighted by atomic mass is 9.99. The van der Waals surface area contributed by atoms with Crippen molar-refractivity contribution in [3.05, 3.63) is 71.8 Å². The molecule has 5 nitrogen and oxygen atoms in total. The molecule has 0 fully saturated rings. The molecule has 0 spiro atoms. The Labute approximate surface area is 174 Å². The molecule has 0 aliphatic carbocycles. The summed E-state index contributed by atoms with van der Waals surface area (Å²) in [6.07, 6.45) is 6.98. The van der Waals surface area contributed by atoms with Crippen molar-refractivity contribution in [1.82, 2.24) is 16.0 Å². The van der Waals surface area contributed by atoms with E-state index in [1.165, 1.54) is 25.7 Å². The zero-order chi connectivity index (χ0) is 20.7. The van der Waals surface area contributed by atoms with Crippen molar-refractivity contribution < 1.29 is 9.59 Å². The molecule has 0 radical (unpaired) electrons. The summed E-state index contributed by atoms with van der Waals surface area (Å²) in [5.74, 6) is -0.345. The first-order valence-electron chi connectivity index (χ1n) is 10.6. The Hall–Kier alpha value is -2.66. The van der Waals surface area contributed by atoms with Crippen LogP contribution in [0, 0.1) is 0 Å². The van der Waals surface area contributed by atoms with Gasteiger partial charge in [-0.25, -0.2) is 4.79 Å². The van der Waals surface area contributed by atoms with Crippen LogP contribution in [0.2, 0.25) is 0 Å². The van der Waals surface area contributed by atoms with Crippen LogP contribution in [0.15, 0.2) is 60.7 Å². The molecule has 3 amide bonds. The van der Waals surface area contributed by atoms with E-state index in [2.05, 4.69) is 22.9 Å². The van der Waals surface area contributed by atoms with Gasteiger partial charge in [0.25, 0.3) is 0 Å². The molecule has 0 aliphatic rings. The number of amides is 3. The lowest BCUT2D eigenvalue weighted by molar-refractivity contribution is -0.119. The highest BCUT2D eigenvalue weighted by atomic mass is 16.2. The average Bonchev–Trinajstić information content (AvgIpc) is 2.75. The van der Waals surface area contributed by atoms with Gasteiger partial charge in [0.05, 0.1) is 12.6 Å². The molecule has 2 aromatic rings. The summed E-state index contributed by atoms with van der Waals surface area (Å²) in [4.78, 5) is 24.1. The van der Waals surface area contributed by atoms with E-state index in [4.69, 9.17) is 0 Å². The minimum Gasteiger partial charge on any atom is -0.338 e. The summed E-state index contributed by atoms with van der Waals surface area (Å²) in [5.41, 5.74) is 2.14. The lowest BCUT2D eigenvalue weighted by Crippen LogP contribution is -2.44.